The van der Waals surface area contributed by atoms with E-state index in [1.165, 1.54) is 48.3 Å². The van der Waals surface area contributed by atoms with Gasteiger partial charge in [-0.15, -0.1) is 12.8 Å². The molecule has 2 aliphatic rings. The second-order valence-electron chi connectivity index (χ2n) is 6.76. The van der Waals surface area contributed by atoms with Crippen molar-refractivity contribution in [1.29, 1.82) is 0 Å². The average Bonchev–Trinajstić information content (AvgIpc) is 2.87. The van der Waals surface area contributed by atoms with E-state index in [-0.39, 0.29) is 21.9 Å². The summed E-state index contributed by atoms with van der Waals surface area (Å²) in [6.07, 6.45) is 11.6. The highest BCUT2D eigenvalue weighted by Gasteiger charge is 2.24. The Bertz CT molecular complexity index is 756. The number of hydrogen-bond donors (Lipinski definition) is 0. The van der Waals surface area contributed by atoms with Crippen LogP contribution in [0.5, 0.6) is 5.75 Å². The summed E-state index contributed by atoms with van der Waals surface area (Å²) in [6, 6.07) is 17.3. The van der Waals surface area contributed by atoms with Gasteiger partial charge in [-0.2, -0.15) is 0 Å². The molecule has 0 aliphatic carbocycles. The summed E-state index contributed by atoms with van der Waals surface area (Å²) in [4.78, 5) is 2.59. The van der Waals surface area contributed by atoms with Gasteiger partial charge in [0.2, 0.25) is 0 Å². The van der Waals surface area contributed by atoms with E-state index in [2.05, 4.69) is 73.2 Å². The minimum atomic E-state index is 0. The highest BCUT2D eigenvalue weighted by molar-refractivity contribution is 5.87. The molecule has 1 saturated heterocycles. The van der Waals surface area contributed by atoms with Gasteiger partial charge >= 0.3 is 0 Å². The number of para-hydroxylation sites is 1. The first-order chi connectivity index (χ1) is 12.9. The van der Waals surface area contributed by atoms with Crippen molar-refractivity contribution in [2.45, 2.75) is 32.8 Å². The molecule has 0 spiro atoms. The summed E-state index contributed by atoms with van der Waals surface area (Å²) < 4.78 is 6.11. The van der Waals surface area contributed by atoms with Crippen molar-refractivity contribution >= 4 is 5.57 Å². The molecule has 2 aromatic rings. The first-order valence-corrected chi connectivity index (χ1v) is 9.45. The molecule has 166 valence electrons. The summed E-state index contributed by atoms with van der Waals surface area (Å²) in [5, 5.41) is 0. The van der Waals surface area contributed by atoms with E-state index in [4.69, 9.17) is 4.74 Å². The van der Waals surface area contributed by atoms with E-state index in [1.54, 1.807) is 5.57 Å². The number of likely N-dealkylation sites (tertiary alicyclic amines) is 1. The van der Waals surface area contributed by atoms with E-state index >= 15 is 0 Å². The Kier molecular flexibility index (Phi) is 14.1. The summed E-state index contributed by atoms with van der Waals surface area (Å²) in [5.74, 6) is 1.02. The summed E-state index contributed by atoms with van der Waals surface area (Å²) in [6.45, 7) is 6.50. The standard InChI is InChI=1S/C22H25NO.C2H2.4H2O/c1-2-13-23-14-11-17(12-15-23)22-19-8-4-3-7-18(19)16-24-21-10-6-5-9-20(21)22;1-2;;;;/h3-10H,2,11-16H2,1H3;1-2H;4*1H2. The minimum absolute atomic E-state index is 0. The third kappa shape index (κ3) is 6.17. The van der Waals surface area contributed by atoms with Gasteiger partial charge in [0.25, 0.3) is 0 Å². The van der Waals surface area contributed by atoms with Gasteiger partial charge in [0.05, 0.1) is 0 Å². The molecule has 30 heavy (non-hydrogen) atoms. The fraction of sp³-hybridized carbons (Fsp3) is 0.333. The minimum Gasteiger partial charge on any atom is -0.488 e. The Morgan fingerprint density at radius 3 is 2.03 bits per heavy atom. The molecule has 2 aliphatic heterocycles. The quantitative estimate of drug-likeness (QED) is 0.688. The Hall–Kier alpha value is -2.66. The number of piperidine rings is 1. The number of hydrogen-bond acceptors (Lipinski definition) is 2. The van der Waals surface area contributed by atoms with Crippen LogP contribution >= 0.6 is 0 Å². The van der Waals surface area contributed by atoms with Crippen molar-refractivity contribution in [2.24, 2.45) is 0 Å². The molecule has 0 radical (unpaired) electrons. The maximum atomic E-state index is 6.11. The molecule has 0 saturated carbocycles. The van der Waals surface area contributed by atoms with Crippen LogP contribution in [0.15, 0.2) is 54.1 Å². The maximum Gasteiger partial charge on any atom is 0.127 e. The zero-order valence-corrected chi connectivity index (χ0v) is 17.6. The Balaban J connectivity index is 0. The number of benzene rings is 2. The van der Waals surface area contributed by atoms with Crippen LogP contribution in [0.4, 0.5) is 0 Å². The molecule has 6 heteroatoms. The SMILES string of the molecule is C#C.CCCN1CCC(=C2c3ccccc3COc3ccccc32)CC1.O.O.O.O. The smallest absolute Gasteiger partial charge is 0.127 e. The van der Waals surface area contributed by atoms with E-state index in [0.29, 0.717) is 6.61 Å². The zero-order chi connectivity index (χ0) is 18.4. The molecule has 1 fully saturated rings. The number of terminal acetylenes is 1. The van der Waals surface area contributed by atoms with Crippen LogP contribution in [0.25, 0.3) is 5.57 Å². The molecule has 6 nitrogen and oxygen atoms in total. The van der Waals surface area contributed by atoms with Crippen molar-refractivity contribution in [1.82, 2.24) is 4.90 Å². The molecule has 8 N–H and O–H groups in total. The molecule has 2 heterocycles. The van der Waals surface area contributed by atoms with Crippen molar-refractivity contribution in [3.63, 3.8) is 0 Å². The highest BCUT2D eigenvalue weighted by atomic mass is 16.5. The number of ether oxygens (including phenoxy) is 1. The fourth-order valence-electron chi connectivity index (χ4n) is 3.98. The monoisotopic (exact) mass is 417 g/mol. The average molecular weight is 418 g/mol. The first kappa shape index (κ1) is 29.5. The third-order valence-corrected chi connectivity index (χ3v) is 5.18. The van der Waals surface area contributed by atoms with Crippen LogP contribution in [0.2, 0.25) is 0 Å². The summed E-state index contributed by atoms with van der Waals surface area (Å²) >= 11 is 0. The van der Waals surface area contributed by atoms with E-state index < -0.39 is 0 Å². The van der Waals surface area contributed by atoms with E-state index in [0.717, 1.165) is 18.6 Å². The Morgan fingerprint density at radius 2 is 1.40 bits per heavy atom. The lowest BCUT2D eigenvalue weighted by atomic mass is 9.86. The topological polar surface area (TPSA) is 138 Å². The molecular weight excluding hydrogens is 382 g/mol. The lowest BCUT2D eigenvalue weighted by molar-refractivity contribution is 0.257. The summed E-state index contributed by atoms with van der Waals surface area (Å²) in [5.41, 5.74) is 6.94. The second kappa shape index (κ2) is 14.3. The van der Waals surface area contributed by atoms with Crippen LogP contribution < -0.4 is 4.74 Å². The van der Waals surface area contributed by atoms with Crippen molar-refractivity contribution in [3.8, 4) is 18.6 Å². The van der Waals surface area contributed by atoms with Crippen LogP contribution in [0, 0.1) is 12.8 Å². The molecule has 0 aromatic heterocycles. The molecule has 0 amide bonds. The van der Waals surface area contributed by atoms with Crippen molar-refractivity contribution in [2.75, 3.05) is 19.6 Å². The van der Waals surface area contributed by atoms with Gasteiger partial charge in [-0.1, -0.05) is 55.0 Å². The third-order valence-electron chi connectivity index (χ3n) is 5.18. The van der Waals surface area contributed by atoms with Gasteiger partial charge in [-0.3, -0.25) is 0 Å². The van der Waals surface area contributed by atoms with Crippen molar-refractivity contribution in [3.05, 3.63) is 70.8 Å². The van der Waals surface area contributed by atoms with Crippen LogP contribution in [-0.2, 0) is 6.61 Å². The molecule has 0 unspecified atom stereocenters. The van der Waals surface area contributed by atoms with Crippen LogP contribution in [0.3, 0.4) is 0 Å². The zero-order valence-electron chi connectivity index (χ0n) is 17.6. The highest BCUT2D eigenvalue weighted by Crippen LogP contribution is 2.40. The largest absolute Gasteiger partial charge is 0.488 e. The molecule has 0 bridgehead atoms. The summed E-state index contributed by atoms with van der Waals surface area (Å²) in [7, 11) is 0. The van der Waals surface area contributed by atoms with Gasteiger partial charge in [0.1, 0.15) is 12.4 Å². The molecular formula is C24H35NO5. The predicted octanol–water partition coefficient (Wildman–Crippen LogP) is 1.84. The van der Waals surface area contributed by atoms with Crippen molar-refractivity contribution < 1.29 is 26.6 Å². The molecule has 4 rings (SSSR count). The Morgan fingerprint density at radius 1 is 0.833 bits per heavy atom. The van der Waals surface area contributed by atoms with E-state index in [1.807, 2.05) is 0 Å². The van der Waals surface area contributed by atoms with Gasteiger partial charge in [-0.05, 0) is 48.6 Å². The van der Waals surface area contributed by atoms with Gasteiger partial charge < -0.3 is 31.5 Å². The van der Waals surface area contributed by atoms with Gasteiger partial charge in [0, 0.05) is 18.7 Å². The number of nitrogens with zero attached hydrogens (tertiary/aromatic N) is 1. The second-order valence-corrected chi connectivity index (χ2v) is 6.76. The predicted molar refractivity (Wildman–Crippen MR) is 124 cm³/mol. The number of rotatable bonds is 2. The maximum absolute atomic E-state index is 6.11. The van der Waals surface area contributed by atoms with Crippen LogP contribution in [0.1, 0.15) is 42.9 Å². The lowest BCUT2D eigenvalue weighted by Gasteiger charge is -2.30. The lowest BCUT2D eigenvalue weighted by Crippen LogP contribution is -2.31. The molecule has 2 aromatic carbocycles. The van der Waals surface area contributed by atoms with Gasteiger partial charge in [0.15, 0.2) is 0 Å². The first-order valence-electron chi connectivity index (χ1n) is 9.45. The van der Waals surface area contributed by atoms with E-state index in [9.17, 15) is 0 Å². The molecule has 0 atom stereocenters. The van der Waals surface area contributed by atoms with Gasteiger partial charge in [-0.25, -0.2) is 0 Å². The fourth-order valence-corrected chi connectivity index (χ4v) is 3.98. The Labute approximate surface area is 179 Å². The normalized spacial score (nSPS) is 14.2. The van der Waals surface area contributed by atoms with Crippen LogP contribution in [-0.4, -0.2) is 46.4 Å². The number of fused-ring (bicyclic) bond motifs is 2.